The SMILES string of the molecule is COC1=C(C)C(=O)N(C)C(C)C1C. The van der Waals surface area contributed by atoms with Gasteiger partial charge < -0.3 is 9.64 Å². The molecule has 0 aromatic rings. The summed E-state index contributed by atoms with van der Waals surface area (Å²) in [5.74, 6) is 1.19. The van der Waals surface area contributed by atoms with Crippen molar-refractivity contribution in [3.05, 3.63) is 11.3 Å². The summed E-state index contributed by atoms with van der Waals surface area (Å²) in [6.07, 6.45) is 0. The van der Waals surface area contributed by atoms with Crippen molar-refractivity contribution in [3.8, 4) is 0 Å². The third-order valence-corrected chi connectivity index (χ3v) is 2.98. The second-order valence-electron chi connectivity index (χ2n) is 3.64. The maximum absolute atomic E-state index is 11.6. The van der Waals surface area contributed by atoms with Crippen molar-refractivity contribution in [2.24, 2.45) is 5.92 Å². The molecule has 2 atom stereocenters. The van der Waals surface area contributed by atoms with E-state index in [9.17, 15) is 4.79 Å². The second kappa shape index (κ2) is 3.40. The number of nitrogens with zero attached hydrogens (tertiary/aromatic N) is 1. The van der Waals surface area contributed by atoms with Crippen molar-refractivity contribution >= 4 is 5.91 Å². The molecule has 2 unspecified atom stereocenters. The van der Waals surface area contributed by atoms with Crippen molar-refractivity contribution in [3.63, 3.8) is 0 Å². The maximum Gasteiger partial charge on any atom is 0.252 e. The lowest BCUT2D eigenvalue weighted by molar-refractivity contribution is -0.130. The van der Waals surface area contributed by atoms with Crippen LogP contribution in [0.5, 0.6) is 0 Å². The van der Waals surface area contributed by atoms with E-state index in [1.165, 1.54) is 0 Å². The predicted molar refractivity (Wildman–Crippen MR) is 51.1 cm³/mol. The number of hydrogen-bond acceptors (Lipinski definition) is 2. The van der Waals surface area contributed by atoms with Crippen LogP contribution in [-0.4, -0.2) is 31.0 Å². The van der Waals surface area contributed by atoms with Gasteiger partial charge in [0.2, 0.25) is 0 Å². The van der Waals surface area contributed by atoms with Gasteiger partial charge in [0.1, 0.15) is 5.76 Å². The Hall–Kier alpha value is -0.990. The molecule has 0 aliphatic carbocycles. The van der Waals surface area contributed by atoms with Crippen molar-refractivity contribution in [2.45, 2.75) is 26.8 Å². The van der Waals surface area contributed by atoms with Gasteiger partial charge in [-0.3, -0.25) is 4.79 Å². The number of carbonyl (C=O) groups excluding carboxylic acids is 1. The van der Waals surface area contributed by atoms with Crippen LogP contribution in [0.15, 0.2) is 11.3 Å². The molecule has 0 aromatic carbocycles. The second-order valence-corrected chi connectivity index (χ2v) is 3.64. The Labute approximate surface area is 79.4 Å². The molecule has 1 aliphatic heterocycles. The molecule has 3 heteroatoms. The van der Waals surface area contributed by atoms with Crippen LogP contribution in [0, 0.1) is 5.92 Å². The lowest BCUT2D eigenvalue weighted by Crippen LogP contribution is -2.44. The topological polar surface area (TPSA) is 29.5 Å². The van der Waals surface area contributed by atoms with Crippen LogP contribution in [0.4, 0.5) is 0 Å². The molecule has 0 fully saturated rings. The fourth-order valence-corrected chi connectivity index (χ4v) is 1.79. The van der Waals surface area contributed by atoms with Gasteiger partial charge in [-0.15, -0.1) is 0 Å². The smallest absolute Gasteiger partial charge is 0.252 e. The lowest BCUT2D eigenvalue weighted by atomic mass is 9.92. The minimum atomic E-state index is 0.0717. The quantitative estimate of drug-likeness (QED) is 0.615. The van der Waals surface area contributed by atoms with E-state index in [1.54, 1.807) is 12.0 Å². The highest BCUT2D eigenvalue weighted by Crippen LogP contribution is 2.28. The van der Waals surface area contributed by atoms with Gasteiger partial charge >= 0.3 is 0 Å². The first-order valence-corrected chi connectivity index (χ1v) is 4.52. The first kappa shape index (κ1) is 10.1. The van der Waals surface area contributed by atoms with E-state index in [-0.39, 0.29) is 17.9 Å². The van der Waals surface area contributed by atoms with E-state index in [0.29, 0.717) is 0 Å². The molecule has 0 saturated carbocycles. The van der Waals surface area contributed by atoms with E-state index in [1.807, 2.05) is 20.9 Å². The average molecular weight is 183 g/mol. The number of ether oxygens (including phenoxy) is 1. The zero-order chi connectivity index (χ0) is 10.2. The summed E-state index contributed by atoms with van der Waals surface area (Å²) in [6, 6.07) is 0.214. The molecule has 13 heavy (non-hydrogen) atoms. The Balaban J connectivity index is 3.10. The van der Waals surface area contributed by atoms with Crippen LogP contribution in [0.1, 0.15) is 20.8 Å². The van der Waals surface area contributed by atoms with Gasteiger partial charge in [-0.2, -0.15) is 0 Å². The minimum Gasteiger partial charge on any atom is -0.500 e. The first-order valence-electron chi connectivity index (χ1n) is 4.52. The largest absolute Gasteiger partial charge is 0.500 e. The molecule has 0 aromatic heterocycles. The Bertz CT molecular complexity index is 258. The summed E-state index contributed by atoms with van der Waals surface area (Å²) in [5.41, 5.74) is 0.732. The predicted octanol–water partition coefficient (Wildman–Crippen LogP) is 1.40. The van der Waals surface area contributed by atoms with Crippen LogP contribution >= 0.6 is 0 Å². The highest BCUT2D eigenvalue weighted by atomic mass is 16.5. The molecule has 1 rings (SSSR count). The number of rotatable bonds is 1. The Kier molecular flexibility index (Phi) is 2.64. The number of amides is 1. The van der Waals surface area contributed by atoms with Gasteiger partial charge in [-0.05, 0) is 13.8 Å². The molecule has 74 valence electrons. The van der Waals surface area contributed by atoms with Crippen LogP contribution in [0.25, 0.3) is 0 Å². The number of hydrogen-bond donors (Lipinski definition) is 0. The molecule has 0 spiro atoms. The van der Waals surface area contributed by atoms with E-state index in [4.69, 9.17) is 4.74 Å². The van der Waals surface area contributed by atoms with Crippen molar-refractivity contribution in [1.29, 1.82) is 0 Å². The summed E-state index contributed by atoms with van der Waals surface area (Å²) in [7, 11) is 3.46. The fraction of sp³-hybridized carbons (Fsp3) is 0.700. The molecule has 1 amide bonds. The van der Waals surface area contributed by atoms with Crippen LogP contribution in [0.2, 0.25) is 0 Å². The maximum atomic E-state index is 11.6. The zero-order valence-electron chi connectivity index (χ0n) is 8.92. The normalized spacial score (nSPS) is 29.6. The Morgan fingerprint density at radius 1 is 1.38 bits per heavy atom. The Morgan fingerprint density at radius 2 is 1.92 bits per heavy atom. The molecule has 0 radical (unpaired) electrons. The van der Waals surface area contributed by atoms with Gasteiger partial charge in [-0.25, -0.2) is 0 Å². The summed E-state index contributed by atoms with van der Waals surface area (Å²) >= 11 is 0. The van der Waals surface area contributed by atoms with Crippen molar-refractivity contribution in [1.82, 2.24) is 4.90 Å². The molecule has 3 nitrogen and oxygen atoms in total. The molecule has 0 saturated heterocycles. The number of methoxy groups -OCH3 is 1. The van der Waals surface area contributed by atoms with Crippen LogP contribution < -0.4 is 0 Å². The van der Waals surface area contributed by atoms with Gasteiger partial charge in [0.15, 0.2) is 0 Å². The minimum absolute atomic E-state index is 0.0717. The third-order valence-electron chi connectivity index (χ3n) is 2.98. The van der Waals surface area contributed by atoms with Gasteiger partial charge in [0, 0.05) is 19.0 Å². The van der Waals surface area contributed by atoms with Crippen LogP contribution in [0.3, 0.4) is 0 Å². The van der Waals surface area contributed by atoms with E-state index in [0.717, 1.165) is 11.3 Å². The molecule has 0 N–H and O–H groups in total. The lowest BCUT2D eigenvalue weighted by Gasteiger charge is -2.36. The monoisotopic (exact) mass is 183 g/mol. The summed E-state index contributed by atoms with van der Waals surface area (Å²) in [5, 5.41) is 0. The Morgan fingerprint density at radius 3 is 2.38 bits per heavy atom. The molecule has 1 heterocycles. The van der Waals surface area contributed by atoms with E-state index < -0.39 is 0 Å². The summed E-state index contributed by atoms with van der Waals surface area (Å²) < 4.78 is 5.24. The van der Waals surface area contributed by atoms with Crippen molar-refractivity contribution < 1.29 is 9.53 Å². The number of carbonyl (C=O) groups is 1. The highest BCUT2D eigenvalue weighted by Gasteiger charge is 2.33. The summed E-state index contributed by atoms with van der Waals surface area (Å²) in [6.45, 7) is 5.93. The number of likely N-dealkylation sites (N-methyl/N-ethyl adjacent to an activating group) is 1. The third kappa shape index (κ3) is 1.43. The molecular formula is C10H17NO2. The molecule has 0 bridgehead atoms. The first-order chi connectivity index (χ1) is 6.00. The highest BCUT2D eigenvalue weighted by molar-refractivity contribution is 5.94. The average Bonchev–Trinajstić information content (AvgIpc) is 2.13. The van der Waals surface area contributed by atoms with Crippen LogP contribution in [-0.2, 0) is 9.53 Å². The van der Waals surface area contributed by atoms with Gasteiger partial charge in [-0.1, -0.05) is 6.92 Å². The molecular weight excluding hydrogens is 166 g/mol. The van der Waals surface area contributed by atoms with Crippen molar-refractivity contribution in [2.75, 3.05) is 14.2 Å². The summed E-state index contributed by atoms with van der Waals surface area (Å²) in [4.78, 5) is 13.4. The van der Waals surface area contributed by atoms with Gasteiger partial charge in [0.25, 0.3) is 5.91 Å². The molecule has 1 aliphatic rings. The van der Waals surface area contributed by atoms with Gasteiger partial charge in [0.05, 0.1) is 12.7 Å². The standard InChI is InChI=1S/C10H17NO2/c1-6-8(3)11(4)10(12)7(2)9(6)13-5/h6,8H,1-5H3. The van der Waals surface area contributed by atoms with E-state index in [2.05, 4.69) is 6.92 Å². The fourth-order valence-electron chi connectivity index (χ4n) is 1.79. The van der Waals surface area contributed by atoms with E-state index >= 15 is 0 Å². The zero-order valence-corrected chi connectivity index (χ0v) is 8.92.